The standard InChI is InChI=1S/C15H20N2OS/c1-10-7-8-12(16-2)14(9-10)19-15-17-11-5-3-4-6-13(11)18-15/h3-6,10,12,14,16H,7-9H2,1-2H3. The third-order valence-electron chi connectivity index (χ3n) is 3.95. The maximum absolute atomic E-state index is 5.82. The van der Waals surface area contributed by atoms with Crippen LogP contribution in [0.1, 0.15) is 26.2 Å². The molecule has 2 aromatic rings. The molecule has 1 heterocycles. The minimum Gasteiger partial charge on any atom is -0.431 e. The van der Waals surface area contributed by atoms with Gasteiger partial charge in [0, 0.05) is 11.3 Å². The molecule has 1 aliphatic rings. The van der Waals surface area contributed by atoms with Crippen LogP contribution in [-0.4, -0.2) is 23.3 Å². The molecule has 1 N–H and O–H groups in total. The average Bonchev–Trinajstić information content (AvgIpc) is 2.81. The maximum Gasteiger partial charge on any atom is 0.257 e. The quantitative estimate of drug-likeness (QED) is 0.927. The Morgan fingerprint density at radius 1 is 1.32 bits per heavy atom. The van der Waals surface area contributed by atoms with Crippen molar-refractivity contribution in [1.29, 1.82) is 0 Å². The molecule has 0 aliphatic heterocycles. The Kier molecular flexibility index (Phi) is 3.80. The second-order valence-electron chi connectivity index (χ2n) is 5.42. The summed E-state index contributed by atoms with van der Waals surface area (Å²) in [5, 5.41) is 4.80. The number of oxazole rings is 1. The number of hydrogen-bond donors (Lipinski definition) is 1. The monoisotopic (exact) mass is 276 g/mol. The van der Waals surface area contributed by atoms with Gasteiger partial charge in [-0.2, -0.15) is 0 Å². The maximum atomic E-state index is 5.82. The highest BCUT2D eigenvalue weighted by Crippen LogP contribution is 2.36. The molecule has 3 unspecified atom stereocenters. The Morgan fingerprint density at radius 2 is 2.16 bits per heavy atom. The van der Waals surface area contributed by atoms with Crippen LogP contribution >= 0.6 is 11.8 Å². The molecular formula is C15H20N2OS. The Labute approximate surface area is 118 Å². The van der Waals surface area contributed by atoms with Crippen molar-refractivity contribution < 1.29 is 4.42 Å². The number of thioether (sulfide) groups is 1. The normalized spacial score (nSPS) is 27.8. The number of aromatic nitrogens is 1. The van der Waals surface area contributed by atoms with Crippen LogP contribution in [0, 0.1) is 5.92 Å². The first-order valence-electron chi connectivity index (χ1n) is 6.95. The van der Waals surface area contributed by atoms with Gasteiger partial charge in [0.1, 0.15) is 5.52 Å². The van der Waals surface area contributed by atoms with E-state index in [2.05, 4.69) is 24.3 Å². The summed E-state index contributed by atoms with van der Waals surface area (Å²) in [5.41, 5.74) is 1.84. The Hall–Kier alpha value is -1.00. The third-order valence-corrected chi connectivity index (χ3v) is 5.15. The van der Waals surface area contributed by atoms with Crippen molar-refractivity contribution in [1.82, 2.24) is 10.3 Å². The first-order valence-corrected chi connectivity index (χ1v) is 7.83. The highest BCUT2D eigenvalue weighted by atomic mass is 32.2. The summed E-state index contributed by atoms with van der Waals surface area (Å²) in [4.78, 5) is 4.57. The minimum absolute atomic E-state index is 0.557. The smallest absolute Gasteiger partial charge is 0.257 e. The summed E-state index contributed by atoms with van der Waals surface area (Å²) in [6.45, 7) is 2.34. The summed E-state index contributed by atoms with van der Waals surface area (Å²) in [5.74, 6) is 0.798. The van der Waals surface area contributed by atoms with Crippen LogP contribution in [0.25, 0.3) is 11.1 Å². The first kappa shape index (κ1) is 13.0. The molecule has 4 heteroatoms. The second kappa shape index (κ2) is 5.55. The summed E-state index contributed by atoms with van der Waals surface area (Å²) in [6, 6.07) is 8.53. The second-order valence-corrected chi connectivity index (χ2v) is 6.61. The van der Waals surface area contributed by atoms with Crippen molar-refractivity contribution in [2.45, 2.75) is 42.7 Å². The fourth-order valence-electron chi connectivity index (χ4n) is 2.82. The van der Waals surface area contributed by atoms with E-state index in [4.69, 9.17) is 4.42 Å². The van der Waals surface area contributed by atoms with E-state index in [9.17, 15) is 0 Å². The zero-order chi connectivity index (χ0) is 13.2. The van der Waals surface area contributed by atoms with Gasteiger partial charge >= 0.3 is 0 Å². The molecule has 0 spiro atoms. The lowest BCUT2D eigenvalue weighted by Gasteiger charge is -2.33. The molecule has 102 valence electrons. The van der Waals surface area contributed by atoms with Crippen LogP contribution in [0.3, 0.4) is 0 Å². The highest BCUT2D eigenvalue weighted by Gasteiger charge is 2.29. The number of hydrogen-bond acceptors (Lipinski definition) is 4. The number of fused-ring (bicyclic) bond motifs is 1. The number of nitrogens with zero attached hydrogens (tertiary/aromatic N) is 1. The molecule has 3 atom stereocenters. The van der Waals surface area contributed by atoms with Crippen molar-refractivity contribution in [3.63, 3.8) is 0 Å². The Morgan fingerprint density at radius 3 is 2.95 bits per heavy atom. The van der Waals surface area contributed by atoms with Crippen molar-refractivity contribution in [3.05, 3.63) is 24.3 Å². The molecule has 1 aliphatic carbocycles. The topological polar surface area (TPSA) is 38.1 Å². The van der Waals surface area contributed by atoms with Gasteiger partial charge in [0.15, 0.2) is 5.58 Å². The third kappa shape index (κ3) is 2.79. The van der Waals surface area contributed by atoms with Gasteiger partial charge in [0.2, 0.25) is 0 Å². The fraction of sp³-hybridized carbons (Fsp3) is 0.533. The predicted octanol–water partition coefficient (Wildman–Crippen LogP) is 3.70. The highest BCUT2D eigenvalue weighted by molar-refractivity contribution is 7.99. The molecule has 1 aromatic carbocycles. The zero-order valence-electron chi connectivity index (χ0n) is 11.4. The summed E-state index contributed by atoms with van der Waals surface area (Å²) in [7, 11) is 2.06. The van der Waals surface area contributed by atoms with E-state index in [-0.39, 0.29) is 0 Å². The van der Waals surface area contributed by atoms with Gasteiger partial charge in [0.25, 0.3) is 5.22 Å². The van der Waals surface area contributed by atoms with Crippen LogP contribution < -0.4 is 5.32 Å². The number of nitrogens with one attached hydrogen (secondary N) is 1. The molecule has 0 amide bonds. The van der Waals surface area contributed by atoms with E-state index >= 15 is 0 Å². The molecule has 19 heavy (non-hydrogen) atoms. The van der Waals surface area contributed by atoms with Crippen LogP contribution in [0.5, 0.6) is 0 Å². The van der Waals surface area contributed by atoms with Gasteiger partial charge in [-0.25, -0.2) is 4.98 Å². The zero-order valence-corrected chi connectivity index (χ0v) is 12.2. The number of para-hydroxylation sites is 2. The van der Waals surface area contributed by atoms with Gasteiger partial charge in [-0.3, -0.25) is 0 Å². The molecular weight excluding hydrogens is 256 g/mol. The van der Waals surface area contributed by atoms with Gasteiger partial charge in [-0.1, -0.05) is 30.8 Å². The van der Waals surface area contributed by atoms with E-state index in [0.717, 1.165) is 22.2 Å². The lowest BCUT2D eigenvalue weighted by atomic mass is 9.87. The summed E-state index contributed by atoms with van der Waals surface area (Å²) in [6.07, 6.45) is 3.79. The molecule has 0 bridgehead atoms. The molecule has 1 aromatic heterocycles. The Balaban J connectivity index is 1.78. The van der Waals surface area contributed by atoms with Crippen molar-refractivity contribution >= 4 is 22.9 Å². The van der Waals surface area contributed by atoms with Crippen LogP contribution in [0.4, 0.5) is 0 Å². The average molecular weight is 276 g/mol. The molecule has 3 nitrogen and oxygen atoms in total. The molecule has 1 saturated carbocycles. The Bertz CT molecular complexity index is 521. The fourth-order valence-corrected chi connectivity index (χ4v) is 4.23. The molecule has 0 radical (unpaired) electrons. The van der Waals surface area contributed by atoms with Crippen LogP contribution in [0.2, 0.25) is 0 Å². The van der Waals surface area contributed by atoms with Crippen molar-refractivity contribution in [2.24, 2.45) is 5.92 Å². The lowest BCUT2D eigenvalue weighted by molar-refractivity contribution is 0.327. The largest absolute Gasteiger partial charge is 0.431 e. The first-order chi connectivity index (χ1) is 9.26. The SMILES string of the molecule is CNC1CCC(C)CC1Sc1nc2ccccc2o1. The minimum atomic E-state index is 0.557. The van der Waals surface area contributed by atoms with E-state index < -0.39 is 0 Å². The predicted molar refractivity (Wildman–Crippen MR) is 79.5 cm³/mol. The summed E-state index contributed by atoms with van der Waals surface area (Å²) >= 11 is 1.79. The number of rotatable bonds is 3. The summed E-state index contributed by atoms with van der Waals surface area (Å²) < 4.78 is 5.82. The molecule has 0 saturated heterocycles. The number of benzene rings is 1. The van der Waals surface area contributed by atoms with E-state index in [1.807, 2.05) is 24.3 Å². The lowest BCUT2D eigenvalue weighted by Crippen LogP contribution is -2.40. The van der Waals surface area contributed by atoms with E-state index in [0.29, 0.717) is 11.3 Å². The molecule has 3 rings (SSSR count). The molecule has 1 fully saturated rings. The van der Waals surface area contributed by atoms with Crippen molar-refractivity contribution in [3.8, 4) is 0 Å². The van der Waals surface area contributed by atoms with Crippen LogP contribution in [-0.2, 0) is 0 Å². The van der Waals surface area contributed by atoms with E-state index in [1.54, 1.807) is 11.8 Å². The van der Waals surface area contributed by atoms with Gasteiger partial charge in [-0.15, -0.1) is 0 Å². The van der Waals surface area contributed by atoms with Gasteiger partial charge < -0.3 is 9.73 Å². The van der Waals surface area contributed by atoms with E-state index in [1.165, 1.54) is 19.3 Å². The van der Waals surface area contributed by atoms with Crippen LogP contribution in [0.15, 0.2) is 33.9 Å². The van der Waals surface area contributed by atoms with Gasteiger partial charge in [0.05, 0.1) is 0 Å². The van der Waals surface area contributed by atoms with Gasteiger partial charge in [-0.05, 0) is 44.4 Å². The van der Waals surface area contributed by atoms with Crippen molar-refractivity contribution in [2.75, 3.05) is 7.05 Å².